The summed E-state index contributed by atoms with van der Waals surface area (Å²) in [5, 5.41) is 0. The average molecular weight is 181 g/mol. The second kappa shape index (κ2) is 3.51. The number of imide groups is 1. The Morgan fingerprint density at radius 3 is 2.00 bits per heavy atom. The SMILES string of the molecule is CC1=C(C)C(=O)N(CCC=O)C1=O. The highest BCUT2D eigenvalue weighted by Crippen LogP contribution is 2.19. The fourth-order valence-electron chi connectivity index (χ4n) is 1.20. The van der Waals surface area contributed by atoms with Gasteiger partial charge in [0.2, 0.25) is 0 Å². The van der Waals surface area contributed by atoms with Crippen LogP contribution in [0, 0.1) is 0 Å². The first-order valence-electron chi connectivity index (χ1n) is 4.07. The predicted octanol–water partition coefficient (Wildman–Crippen LogP) is 0.281. The van der Waals surface area contributed by atoms with Crippen LogP contribution >= 0.6 is 0 Å². The summed E-state index contributed by atoms with van der Waals surface area (Å²) in [6.07, 6.45) is 0.904. The smallest absolute Gasteiger partial charge is 0.256 e. The summed E-state index contributed by atoms with van der Waals surface area (Å²) >= 11 is 0. The van der Waals surface area contributed by atoms with E-state index in [-0.39, 0.29) is 24.8 Å². The molecule has 0 saturated heterocycles. The fourth-order valence-corrected chi connectivity index (χ4v) is 1.20. The lowest BCUT2D eigenvalue weighted by Crippen LogP contribution is -2.32. The topological polar surface area (TPSA) is 54.5 Å². The number of carbonyl (C=O) groups excluding carboxylic acids is 3. The summed E-state index contributed by atoms with van der Waals surface area (Å²) < 4.78 is 0. The molecular weight excluding hydrogens is 170 g/mol. The second-order valence-electron chi connectivity index (χ2n) is 2.97. The minimum atomic E-state index is -0.274. The zero-order valence-corrected chi connectivity index (χ0v) is 7.66. The zero-order valence-electron chi connectivity index (χ0n) is 7.66. The molecule has 0 saturated carbocycles. The Balaban J connectivity index is 2.78. The molecule has 0 bridgehead atoms. The molecule has 4 nitrogen and oxygen atoms in total. The molecule has 1 heterocycles. The van der Waals surface area contributed by atoms with Gasteiger partial charge in [0.15, 0.2) is 0 Å². The minimum absolute atomic E-state index is 0.190. The first-order valence-corrected chi connectivity index (χ1v) is 4.07. The van der Waals surface area contributed by atoms with Gasteiger partial charge in [-0.15, -0.1) is 0 Å². The third-order valence-electron chi connectivity index (χ3n) is 2.16. The molecule has 0 spiro atoms. The molecule has 70 valence electrons. The van der Waals surface area contributed by atoms with Crippen molar-refractivity contribution in [2.24, 2.45) is 0 Å². The van der Waals surface area contributed by atoms with Crippen LogP contribution in [0.15, 0.2) is 11.1 Å². The molecule has 0 aromatic carbocycles. The highest BCUT2D eigenvalue weighted by molar-refractivity contribution is 6.18. The second-order valence-corrected chi connectivity index (χ2v) is 2.97. The summed E-state index contributed by atoms with van der Waals surface area (Å²) in [4.78, 5) is 33.9. The van der Waals surface area contributed by atoms with Crippen molar-refractivity contribution in [3.8, 4) is 0 Å². The van der Waals surface area contributed by atoms with E-state index in [9.17, 15) is 14.4 Å². The van der Waals surface area contributed by atoms with Gasteiger partial charge in [0.05, 0.1) is 0 Å². The van der Waals surface area contributed by atoms with Crippen molar-refractivity contribution in [3.63, 3.8) is 0 Å². The molecule has 13 heavy (non-hydrogen) atoms. The predicted molar refractivity (Wildman–Crippen MR) is 45.8 cm³/mol. The molecular formula is C9H11NO3. The van der Waals surface area contributed by atoms with Gasteiger partial charge in [-0.05, 0) is 13.8 Å². The van der Waals surface area contributed by atoms with Crippen molar-refractivity contribution in [2.75, 3.05) is 6.54 Å². The number of hydrogen-bond donors (Lipinski definition) is 0. The van der Waals surface area contributed by atoms with Crippen molar-refractivity contribution < 1.29 is 14.4 Å². The van der Waals surface area contributed by atoms with Crippen molar-refractivity contribution in [1.29, 1.82) is 0 Å². The van der Waals surface area contributed by atoms with Crippen LogP contribution in [0.5, 0.6) is 0 Å². The van der Waals surface area contributed by atoms with E-state index in [2.05, 4.69) is 0 Å². The number of nitrogens with zero attached hydrogens (tertiary/aromatic N) is 1. The van der Waals surface area contributed by atoms with Crippen LogP contribution in [0.4, 0.5) is 0 Å². The molecule has 1 aliphatic heterocycles. The first kappa shape index (κ1) is 9.64. The summed E-state index contributed by atoms with van der Waals surface area (Å²) in [6.45, 7) is 3.43. The van der Waals surface area contributed by atoms with E-state index >= 15 is 0 Å². The highest BCUT2D eigenvalue weighted by atomic mass is 16.2. The van der Waals surface area contributed by atoms with Gasteiger partial charge in [0, 0.05) is 24.1 Å². The Morgan fingerprint density at radius 2 is 1.62 bits per heavy atom. The van der Waals surface area contributed by atoms with E-state index < -0.39 is 0 Å². The number of aldehydes is 1. The maximum atomic E-state index is 11.4. The van der Waals surface area contributed by atoms with Gasteiger partial charge in [0.25, 0.3) is 11.8 Å². The lowest BCUT2D eigenvalue weighted by Gasteiger charge is -2.11. The van der Waals surface area contributed by atoms with Gasteiger partial charge >= 0.3 is 0 Å². The van der Waals surface area contributed by atoms with E-state index in [1.54, 1.807) is 13.8 Å². The van der Waals surface area contributed by atoms with E-state index in [0.29, 0.717) is 17.4 Å². The Labute approximate surface area is 76.2 Å². The average Bonchev–Trinajstić information content (AvgIpc) is 2.30. The van der Waals surface area contributed by atoms with Crippen LogP contribution in [0.25, 0.3) is 0 Å². The monoisotopic (exact) mass is 181 g/mol. The third kappa shape index (κ3) is 1.52. The van der Waals surface area contributed by atoms with E-state index in [1.807, 2.05) is 0 Å². The van der Waals surface area contributed by atoms with E-state index in [1.165, 1.54) is 0 Å². The Kier molecular flexibility index (Phi) is 2.60. The minimum Gasteiger partial charge on any atom is -0.303 e. The molecule has 4 heteroatoms. The summed E-state index contributed by atoms with van der Waals surface area (Å²) in [5.74, 6) is -0.547. The summed E-state index contributed by atoms with van der Waals surface area (Å²) in [7, 11) is 0. The van der Waals surface area contributed by atoms with Gasteiger partial charge in [-0.2, -0.15) is 0 Å². The van der Waals surface area contributed by atoms with Gasteiger partial charge in [0.1, 0.15) is 6.29 Å². The Hall–Kier alpha value is -1.45. The zero-order chi connectivity index (χ0) is 10.0. The van der Waals surface area contributed by atoms with Gasteiger partial charge in [-0.25, -0.2) is 0 Å². The van der Waals surface area contributed by atoms with Crippen LogP contribution in [0.1, 0.15) is 20.3 Å². The Morgan fingerprint density at radius 1 is 1.15 bits per heavy atom. The summed E-state index contributed by atoms with van der Waals surface area (Å²) in [5.41, 5.74) is 0.965. The van der Waals surface area contributed by atoms with Crippen LogP contribution in [0.3, 0.4) is 0 Å². The quantitative estimate of drug-likeness (QED) is 0.464. The van der Waals surface area contributed by atoms with Crippen molar-refractivity contribution in [1.82, 2.24) is 4.90 Å². The standard InChI is InChI=1S/C9H11NO3/c1-6-7(2)9(13)10(8(6)12)4-3-5-11/h5H,3-4H2,1-2H3. The number of rotatable bonds is 3. The first-order chi connectivity index (χ1) is 6.09. The fraction of sp³-hybridized carbons (Fsp3) is 0.444. The number of amides is 2. The van der Waals surface area contributed by atoms with Crippen molar-refractivity contribution in [3.05, 3.63) is 11.1 Å². The number of hydrogen-bond acceptors (Lipinski definition) is 3. The third-order valence-corrected chi connectivity index (χ3v) is 2.16. The van der Waals surface area contributed by atoms with Crippen molar-refractivity contribution in [2.45, 2.75) is 20.3 Å². The van der Waals surface area contributed by atoms with Crippen LogP contribution in [0.2, 0.25) is 0 Å². The molecule has 0 atom stereocenters. The molecule has 1 rings (SSSR count). The normalized spacial score (nSPS) is 17.2. The maximum Gasteiger partial charge on any atom is 0.256 e. The molecule has 0 unspecified atom stereocenters. The molecule has 0 fully saturated rings. The summed E-state index contributed by atoms with van der Waals surface area (Å²) in [6, 6.07) is 0. The van der Waals surface area contributed by atoms with Crippen LogP contribution < -0.4 is 0 Å². The maximum absolute atomic E-state index is 11.4. The number of carbonyl (C=O) groups is 3. The van der Waals surface area contributed by atoms with Crippen molar-refractivity contribution >= 4 is 18.1 Å². The molecule has 0 aromatic rings. The molecule has 2 amide bonds. The lowest BCUT2D eigenvalue weighted by atomic mass is 10.2. The highest BCUT2D eigenvalue weighted by Gasteiger charge is 2.32. The molecule has 0 aliphatic carbocycles. The Bertz CT molecular complexity index is 280. The largest absolute Gasteiger partial charge is 0.303 e. The van der Waals surface area contributed by atoms with Gasteiger partial charge in [-0.1, -0.05) is 0 Å². The lowest BCUT2D eigenvalue weighted by molar-refractivity contribution is -0.137. The van der Waals surface area contributed by atoms with Gasteiger partial charge in [-0.3, -0.25) is 14.5 Å². The molecule has 1 aliphatic rings. The molecule has 0 N–H and O–H groups in total. The van der Waals surface area contributed by atoms with Gasteiger partial charge < -0.3 is 4.79 Å². The van der Waals surface area contributed by atoms with E-state index in [4.69, 9.17) is 0 Å². The van der Waals surface area contributed by atoms with E-state index in [0.717, 1.165) is 4.90 Å². The van der Waals surface area contributed by atoms with Crippen LogP contribution in [-0.2, 0) is 14.4 Å². The van der Waals surface area contributed by atoms with Crippen LogP contribution in [-0.4, -0.2) is 29.5 Å². The molecule has 0 radical (unpaired) electrons. The molecule has 0 aromatic heterocycles.